The van der Waals surface area contributed by atoms with E-state index in [-0.39, 0.29) is 5.57 Å². The number of carbonyl (C=O) groups is 3. The lowest BCUT2D eigenvalue weighted by atomic mass is 10.1. The molecule has 1 fully saturated rings. The van der Waals surface area contributed by atoms with Crippen LogP contribution in [0.2, 0.25) is 5.02 Å². The van der Waals surface area contributed by atoms with Gasteiger partial charge in [0.1, 0.15) is 5.57 Å². The zero-order valence-electron chi connectivity index (χ0n) is 18.9. The number of aryl methyl sites for hydroxylation is 2. The van der Waals surface area contributed by atoms with E-state index in [2.05, 4.69) is 5.32 Å². The highest BCUT2D eigenvalue weighted by atomic mass is 35.5. The number of halogens is 1. The lowest BCUT2D eigenvalue weighted by Crippen LogP contribution is -2.54. The van der Waals surface area contributed by atoms with Crippen LogP contribution in [0.25, 0.3) is 11.8 Å². The summed E-state index contributed by atoms with van der Waals surface area (Å²) in [6, 6.07) is 14.0. The number of carbonyl (C=O) groups excluding carboxylic acids is 3. The van der Waals surface area contributed by atoms with Crippen LogP contribution in [0.3, 0.4) is 0 Å². The third kappa shape index (κ3) is 3.98. The van der Waals surface area contributed by atoms with Crippen molar-refractivity contribution in [3.8, 4) is 5.69 Å². The Kier molecular flexibility index (Phi) is 5.95. The molecule has 4 rings (SSSR count). The van der Waals surface area contributed by atoms with E-state index in [1.165, 1.54) is 6.08 Å². The standard InChI is InChI=1S/C26H24ClN3O3/c1-5-18-9-11-20(12-10-18)30-25(32)21(24(31)28-26(30)33)14-19-13-15(2)29(17(19)4)23-8-6-7-22(27)16(23)3/h6-14H,5H2,1-4H3,(H,28,31,33)/b21-14-. The van der Waals surface area contributed by atoms with E-state index < -0.39 is 17.8 Å². The van der Waals surface area contributed by atoms with Gasteiger partial charge in [-0.15, -0.1) is 0 Å². The molecule has 0 unspecified atom stereocenters. The fourth-order valence-corrected chi connectivity index (χ4v) is 4.24. The molecule has 1 aromatic heterocycles. The maximum atomic E-state index is 13.2. The zero-order valence-corrected chi connectivity index (χ0v) is 19.7. The molecule has 1 aliphatic heterocycles. The Morgan fingerprint density at radius 2 is 1.70 bits per heavy atom. The molecule has 2 aromatic carbocycles. The monoisotopic (exact) mass is 461 g/mol. The molecule has 168 valence electrons. The first kappa shape index (κ1) is 22.6. The van der Waals surface area contributed by atoms with E-state index in [1.807, 2.05) is 68.7 Å². The highest BCUT2D eigenvalue weighted by molar-refractivity contribution is 6.39. The first-order valence-electron chi connectivity index (χ1n) is 10.7. The fraction of sp³-hybridized carbons (Fsp3) is 0.192. The predicted octanol–water partition coefficient (Wildman–Crippen LogP) is 5.28. The summed E-state index contributed by atoms with van der Waals surface area (Å²) in [5.41, 5.74) is 5.73. The van der Waals surface area contributed by atoms with Crippen molar-refractivity contribution in [2.75, 3.05) is 4.90 Å². The molecule has 2 heterocycles. The molecule has 1 N–H and O–H groups in total. The van der Waals surface area contributed by atoms with Gasteiger partial charge >= 0.3 is 6.03 Å². The Bertz CT molecular complexity index is 1320. The van der Waals surface area contributed by atoms with E-state index in [1.54, 1.807) is 12.1 Å². The largest absolute Gasteiger partial charge is 0.335 e. The van der Waals surface area contributed by atoms with Gasteiger partial charge in [-0.1, -0.05) is 36.7 Å². The fourth-order valence-electron chi connectivity index (χ4n) is 4.07. The molecule has 0 atom stereocenters. The Balaban J connectivity index is 1.76. The summed E-state index contributed by atoms with van der Waals surface area (Å²) in [7, 11) is 0. The second kappa shape index (κ2) is 8.71. The van der Waals surface area contributed by atoms with Gasteiger partial charge in [0.05, 0.1) is 5.69 Å². The van der Waals surface area contributed by atoms with Crippen LogP contribution < -0.4 is 10.2 Å². The van der Waals surface area contributed by atoms with Crippen LogP contribution in [-0.2, 0) is 16.0 Å². The minimum Gasteiger partial charge on any atom is -0.318 e. The SMILES string of the molecule is CCc1ccc(N2C(=O)NC(=O)/C(=C/c3cc(C)n(-c4cccc(Cl)c4C)c3C)C2=O)cc1. The van der Waals surface area contributed by atoms with Crippen molar-refractivity contribution >= 4 is 41.2 Å². The summed E-state index contributed by atoms with van der Waals surface area (Å²) in [4.78, 5) is 39.3. The van der Waals surface area contributed by atoms with Gasteiger partial charge in [-0.25, -0.2) is 9.69 Å². The van der Waals surface area contributed by atoms with E-state index in [9.17, 15) is 14.4 Å². The molecule has 6 nitrogen and oxygen atoms in total. The van der Waals surface area contributed by atoms with E-state index in [0.717, 1.165) is 39.5 Å². The van der Waals surface area contributed by atoms with Gasteiger partial charge in [0.15, 0.2) is 0 Å². The average molecular weight is 462 g/mol. The minimum atomic E-state index is -0.758. The lowest BCUT2D eigenvalue weighted by molar-refractivity contribution is -0.122. The van der Waals surface area contributed by atoms with Gasteiger partial charge in [-0.2, -0.15) is 0 Å². The number of hydrogen-bond donors (Lipinski definition) is 1. The van der Waals surface area contributed by atoms with Crippen LogP contribution in [0.15, 0.2) is 54.1 Å². The van der Waals surface area contributed by atoms with Gasteiger partial charge in [0, 0.05) is 22.1 Å². The van der Waals surface area contributed by atoms with Gasteiger partial charge in [-0.3, -0.25) is 14.9 Å². The molecule has 7 heteroatoms. The summed E-state index contributed by atoms with van der Waals surface area (Å²) in [6.07, 6.45) is 2.38. The number of anilines is 1. The van der Waals surface area contributed by atoms with Crippen molar-refractivity contribution in [1.29, 1.82) is 0 Å². The van der Waals surface area contributed by atoms with Gasteiger partial charge in [0.2, 0.25) is 0 Å². The third-order valence-electron chi connectivity index (χ3n) is 5.95. The summed E-state index contributed by atoms with van der Waals surface area (Å²) < 4.78 is 2.03. The first-order valence-corrected chi connectivity index (χ1v) is 11.1. The number of amides is 4. The number of barbiturate groups is 1. The highest BCUT2D eigenvalue weighted by Crippen LogP contribution is 2.29. The van der Waals surface area contributed by atoms with Crippen molar-refractivity contribution in [3.05, 3.63) is 87.2 Å². The number of nitrogens with zero attached hydrogens (tertiary/aromatic N) is 2. The van der Waals surface area contributed by atoms with Crippen molar-refractivity contribution < 1.29 is 14.4 Å². The zero-order chi connectivity index (χ0) is 23.9. The lowest BCUT2D eigenvalue weighted by Gasteiger charge is -2.26. The smallest absolute Gasteiger partial charge is 0.318 e. The predicted molar refractivity (Wildman–Crippen MR) is 130 cm³/mol. The second-order valence-electron chi connectivity index (χ2n) is 8.02. The van der Waals surface area contributed by atoms with Crippen molar-refractivity contribution in [1.82, 2.24) is 9.88 Å². The molecule has 4 amide bonds. The number of benzene rings is 2. The Morgan fingerprint density at radius 1 is 1.00 bits per heavy atom. The summed E-state index contributed by atoms with van der Waals surface area (Å²) in [5.74, 6) is -1.37. The minimum absolute atomic E-state index is 0.0998. The first-order chi connectivity index (χ1) is 15.7. The number of nitrogens with one attached hydrogen (secondary N) is 1. The van der Waals surface area contributed by atoms with Crippen molar-refractivity contribution in [2.24, 2.45) is 0 Å². The number of imide groups is 2. The number of hydrogen-bond acceptors (Lipinski definition) is 3. The summed E-state index contributed by atoms with van der Waals surface area (Å²) in [5, 5.41) is 2.94. The van der Waals surface area contributed by atoms with Crippen LogP contribution in [0.4, 0.5) is 10.5 Å². The Hall–Kier alpha value is -3.64. The molecular weight excluding hydrogens is 438 g/mol. The molecule has 1 saturated heterocycles. The van der Waals surface area contributed by atoms with Crippen LogP contribution in [0, 0.1) is 20.8 Å². The maximum Gasteiger partial charge on any atom is 0.335 e. The van der Waals surface area contributed by atoms with Crippen LogP contribution in [-0.4, -0.2) is 22.4 Å². The molecule has 1 aliphatic rings. The molecule has 0 radical (unpaired) electrons. The Morgan fingerprint density at radius 3 is 2.36 bits per heavy atom. The number of urea groups is 1. The van der Waals surface area contributed by atoms with Crippen molar-refractivity contribution in [2.45, 2.75) is 34.1 Å². The maximum absolute atomic E-state index is 13.2. The average Bonchev–Trinajstić information content (AvgIpc) is 3.06. The molecule has 3 aromatic rings. The topological polar surface area (TPSA) is 71.4 Å². The van der Waals surface area contributed by atoms with Crippen LogP contribution in [0.5, 0.6) is 0 Å². The van der Waals surface area contributed by atoms with Gasteiger partial charge < -0.3 is 4.57 Å². The quantitative estimate of drug-likeness (QED) is 0.424. The normalized spacial score (nSPS) is 15.4. The summed E-state index contributed by atoms with van der Waals surface area (Å²) >= 11 is 6.32. The molecule has 33 heavy (non-hydrogen) atoms. The molecule has 0 aliphatic carbocycles. The number of aromatic nitrogens is 1. The Labute approximate surface area is 197 Å². The number of rotatable bonds is 4. The van der Waals surface area contributed by atoms with Crippen LogP contribution in [0.1, 0.15) is 35.0 Å². The third-order valence-corrected chi connectivity index (χ3v) is 6.36. The highest BCUT2D eigenvalue weighted by Gasteiger charge is 2.37. The molecule has 0 saturated carbocycles. The van der Waals surface area contributed by atoms with Gasteiger partial charge in [0.25, 0.3) is 11.8 Å². The van der Waals surface area contributed by atoms with Gasteiger partial charge in [-0.05, 0) is 80.3 Å². The molecular formula is C26H24ClN3O3. The summed E-state index contributed by atoms with van der Waals surface area (Å²) in [6.45, 7) is 7.83. The van der Waals surface area contributed by atoms with Crippen molar-refractivity contribution in [3.63, 3.8) is 0 Å². The second-order valence-corrected chi connectivity index (χ2v) is 8.43. The molecule has 0 bridgehead atoms. The van der Waals surface area contributed by atoms with E-state index >= 15 is 0 Å². The van der Waals surface area contributed by atoms with Crippen LogP contribution >= 0.6 is 11.6 Å². The van der Waals surface area contributed by atoms with E-state index in [0.29, 0.717) is 16.3 Å². The van der Waals surface area contributed by atoms with E-state index in [4.69, 9.17) is 11.6 Å². The molecule has 0 spiro atoms.